The van der Waals surface area contributed by atoms with Gasteiger partial charge in [-0.2, -0.15) is 0 Å². The van der Waals surface area contributed by atoms with Gasteiger partial charge in [-0.25, -0.2) is 0 Å². The van der Waals surface area contributed by atoms with Gasteiger partial charge in [0.05, 0.1) is 5.56 Å². The van der Waals surface area contributed by atoms with E-state index in [0.29, 0.717) is 34.3 Å². The Morgan fingerprint density at radius 2 is 1.73 bits per heavy atom. The minimum Gasteiger partial charge on any atom is -0.350 e. The highest BCUT2D eigenvalue weighted by Crippen LogP contribution is 2.26. The number of nitrogens with zero attached hydrogens (tertiary/aromatic N) is 1. The van der Waals surface area contributed by atoms with Gasteiger partial charge in [0.25, 0.3) is 5.91 Å². The quantitative estimate of drug-likeness (QED) is 0.754. The predicted octanol–water partition coefficient (Wildman–Crippen LogP) is 3.78. The van der Waals surface area contributed by atoms with Gasteiger partial charge in [0, 0.05) is 34.8 Å². The first kappa shape index (κ1) is 18.6. The van der Waals surface area contributed by atoms with Crippen LogP contribution in [0.4, 0.5) is 0 Å². The van der Waals surface area contributed by atoms with Crippen LogP contribution in [0.25, 0.3) is 0 Å². The molecule has 1 fully saturated rings. The van der Waals surface area contributed by atoms with Gasteiger partial charge >= 0.3 is 0 Å². The number of likely N-dealkylation sites (N-methyl/N-ethyl adjacent to an activating group) is 1. The van der Waals surface area contributed by atoms with Crippen LogP contribution >= 0.6 is 11.6 Å². The molecule has 3 rings (SSSR count). The minimum atomic E-state index is -0.223. The van der Waals surface area contributed by atoms with Gasteiger partial charge < -0.3 is 5.32 Å². The van der Waals surface area contributed by atoms with Crippen LogP contribution in [0, 0.1) is 0 Å². The molecular weight excluding hydrogens is 348 g/mol. The number of carbonyl (C=O) groups is 2. The highest BCUT2D eigenvalue weighted by Gasteiger charge is 2.29. The molecule has 1 aliphatic carbocycles. The zero-order chi connectivity index (χ0) is 18.7. The predicted molar refractivity (Wildman–Crippen MR) is 104 cm³/mol. The number of halogens is 1. The number of hydrogen-bond acceptors (Lipinski definition) is 3. The summed E-state index contributed by atoms with van der Waals surface area (Å²) in [6.07, 6.45) is 2.46. The first-order valence-electron chi connectivity index (χ1n) is 8.87. The Morgan fingerprint density at radius 1 is 1.12 bits per heavy atom. The molecule has 1 atom stereocenters. The normalized spacial score (nSPS) is 14.9. The van der Waals surface area contributed by atoms with E-state index in [4.69, 9.17) is 11.6 Å². The van der Waals surface area contributed by atoms with Crippen molar-refractivity contribution in [2.24, 2.45) is 0 Å². The summed E-state index contributed by atoms with van der Waals surface area (Å²) in [7, 11) is 2.09. The molecule has 2 aromatic rings. The number of amides is 1. The molecule has 0 aliphatic heterocycles. The third-order valence-corrected chi connectivity index (χ3v) is 5.15. The van der Waals surface area contributed by atoms with Crippen molar-refractivity contribution in [3.05, 3.63) is 70.2 Å². The highest BCUT2D eigenvalue weighted by molar-refractivity contribution is 6.30. The third kappa shape index (κ3) is 4.32. The van der Waals surface area contributed by atoms with Crippen LogP contribution in [0.3, 0.4) is 0 Å². The Balaban J connectivity index is 1.72. The molecule has 1 unspecified atom stereocenters. The van der Waals surface area contributed by atoms with E-state index in [1.807, 2.05) is 0 Å². The summed E-state index contributed by atoms with van der Waals surface area (Å²) < 4.78 is 0. The van der Waals surface area contributed by atoms with E-state index in [0.717, 1.165) is 0 Å². The number of nitrogens with one attached hydrogen (secondary N) is 1. The van der Waals surface area contributed by atoms with Crippen LogP contribution in [0.15, 0.2) is 48.5 Å². The molecule has 5 heteroatoms. The van der Waals surface area contributed by atoms with Crippen molar-refractivity contribution in [3.63, 3.8) is 0 Å². The molecule has 1 aliphatic rings. The van der Waals surface area contributed by atoms with Gasteiger partial charge in [0.1, 0.15) is 0 Å². The minimum absolute atomic E-state index is 0.185. The van der Waals surface area contributed by atoms with Crippen molar-refractivity contribution in [2.75, 3.05) is 13.6 Å². The number of hydrogen-bond donors (Lipinski definition) is 1. The average Bonchev–Trinajstić information content (AvgIpc) is 3.50. The van der Waals surface area contributed by atoms with E-state index >= 15 is 0 Å². The molecule has 2 aromatic carbocycles. The fourth-order valence-corrected chi connectivity index (χ4v) is 3.08. The van der Waals surface area contributed by atoms with Crippen LogP contribution in [0.1, 0.15) is 46.0 Å². The van der Waals surface area contributed by atoms with Crippen molar-refractivity contribution in [2.45, 2.75) is 31.8 Å². The summed E-state index contributed by atoms with van der Waals surface area (Å²) in [4.78, 5) is 27.8. The topological polar surface area (TPSA) is 49.4 Å². The molecule has 1 N–H and O–H groups in total. The molecule has 0 aromatic heterocycles. The number of ketones is 1. The van der Waals surface area contributed by atoms with Crippen LogP contribution in [0.2, 0.25) is 5.02 Å². The lowest BCUT2D eigenvalue weighted by Crippen LogP contribution is -2.41. The maximum absolute atomic E-state index is 12.8. The molecule has 0 radical (unpaired) electrons. The Labute approximate surface area is 159 Å². The summed E-state index contributed by atoms with van der Waals surface area (Å²) in [5.41, 5.74) is 1.31. The van der Waals surface area contributed by atoms with Crippen LogP contribution in [0.5, 0.6) is 0 Å². The lowest BCUT2D eigenvalue weighted by molar-refractivity contribution is 0.0929. The first-order chi connectivity index (χ1) is 12.5. The lowest BCUT2D eigenvalue weighted by atomic mass is 9.98. The van der Waals surface area contributed by atoms with E-state index in [1.54, 1.807) is 48.5 Å². The second-order valence-electron chi connectivity index (χ2n) is 6.84. The van der Waals surface area contributed by atoms with Gasteiger partial charge in [-0.15, -0.1) is 0 Å². The monoisotopic (exact) mass is 370 g/mol. The maximum Gasteiger partial charge on any atom is 0.252 e. The van der Waals surface area contributed by atoms with Crippen molar-refractivity contribution >= 4 is 23.3 Å². The van der Waals surface area contributed by atoms with Crippen LogP contribution < -0.4 is 5.32 Å². The summed E-state index contributed by atoms with van der Waals surface area (Å²) in [5.74, 6) is -0.408. The zero-order valence-corrected chi connectivity index (χ0v) is 15.8. The Bertz CT molecular complexity index is 800. The first-order valence-corrected chi connectivity index (χ1v) is 9.24. The average molecular weight is 371 g/mol. The molecular formula is C21H23ClN2O2. The lowest BCUT2D eigenvalue weighted by Gasteiger charge is -2.24. The SMILES string of the molecule is CC(CNC(=O)c1ccccc1C(=O)c1ccc(Cl)cc1)N(C)C1CC1. The second-order valence-corrected chi connectivity index (χ2v) is 7.27. The van der Waals surface area contributed by atoms with Crippen molar-refractivity contribution < 1.29 is 9.59 Å². The van der Waals surface area contributed by atoms with E-state index in [2.05, 4.69) is 24.2 Å². The Hall–Kier alpha value is -2.17. The fraction of sp³-hybridized carbons (Fsp3) is 0.333. The number of benzene rings is 2. The summed E-state index contributed by atoms with van der Waals surface area (Å²) >= 11 is 5.89. The van der Waals surface area contributed by atoms with E-state index < -0.39 is 0 Å². The van der Waals surface area contributed by atoms with Gasteiger partial charge in [0.15, 0.2) is 5.78 Å². The molecule has 4 nitrogen and oxygen atoms in total. The van der Waals surface area contributed by atoms with Crippen molar-refractivity contribution in [1.82, 2.24) is 10.2 Å². The molecule has 1 amide bonds. The highest BCUT2D eigenvalue weighted by atomic mass is 35.5. The van der Waals surface area contributed by atoms with E-state index in [1.165, 1.54) is 12.8 Å². The zero-order valence-electron chi connectivity index (χ0n) is 15.0. The summed E-state index contributed by atoms with van der Waals surface area (Å²) in [5, 5.41) is 3.53. The van der Waals surface area contributed by atoms with Crippen LogP contribution in [-0.2, 0) is 0 Å². The molecule has 136 valence electrons. The van der Waals surface area contributed by atoms with Crippen molar-refractivity contribution in [1.29, 1.82) is 0 Å². The summed E-state index contributed by atoms with van der Waals surface area (Å²) in [6, 6.07) is 14.5. The molecule has 0 heterocycles. The standard InChI is InChI=1S/C21H23ClN2O2/c1-14(24(2)17-11-12-17)13-23-21(26)19-6-4-3-5-18(19)20(25)15-7-9-16(22)10-8-15/h3-10,14,17H,11-13H2,1-2H3,(H,23,26). The van der Waals surface area contributed by atoms with Gasteiger partial charge in [-0.1, -0.05) is 29.8 Å². The molecule has 0 bridgehead atoms. The molecule has 0 spiro atoms. The van der Waals surface area contributed by atoms with Gasteiger partial charge in [-0.05, 0) is 57.1 Å². The smallest absolute Gasteiger partial charge is 0.252 e. The maximum atomic E-state index is 12.8. The second kappa shape index (κ2) is 8.02. The largest absolute Gasteiger partial charge is 0.350 e. The Kier molecular flexibility index (Phi) is 5.74. The number of rotatable bonds is 7. The van der Waals surface area contributed by atoms with E-state index in [-0.39, 0.29) is 17.7 Å². The fourth-order valence-electron chi connectivity index (χ4n) is 2.96. The van der Waals surface area contributed by atoms with Crippen LogP contribution in [-0.4, -0.2) is 42.3 Å². The Morgan fingerprint density at radius 3 is 2.35 bits per heavy atom. The molecule has 0 saturated heterocycles. The summed E-state index contributed by atoms with van der Waals surface area (Å²) in [6.45, 7) is 2.65. The van der Waals surface area contributed by atoms with Crippen molar-refractivity contribution in [3.8, 4) is 0 Å². The molecule has 1 saturated carbocycles. The number of carbonyl (C=O) groups excluding carboxylic acids is 2. The van der Waals surface area contributed by atoms with Gasteiger partial charge in [0.2, 0.25) is 0 Å². The molecule has 26 heavy (non-hydrogen) atoms. The van der Waals surface area contributed by atoms with E-state index in [9.17, 15) is 9.59 Å². The van der Waals surface area contributed by atoms with Gasteiger partial charge in [-0.3, -0.25) is 14.5 Å². The third-order valence-electron chi connectivity index (χ3n) is 4.90.